The highest BCUT2D eigenvalue weighted by molar-refractivity contribution is 5.97. The lowest BCUT2D eigenvalue weighted by atomic mass is 9.95. The summed E-state index contributed by atoms with van der Waals surface area (Å²) in [5.41, 5.74) is 3.29. The first kappa shape index (κ1) is 15.6. The lowest BCUT2D eigenvalue weighted by Gasteiger charge is -2.34. The van der Waals surface area contributed by atoms with Gasteiger partial charge in [0.1, 0.15) is 0 Å². The highest BCUT2D eigenvalue weighted by atomic mass is 16.4. The first-order valence-electron chi connectivity index (χ1n) is 8.12. The molecule has 23 heavy (non-hydrogen) atoms. The van der Waals surface area contributed by atoms with Crippen LogP contribution in [0.1, 0.15) is 24.8 Å². The van der Waals surface area contributed by atoms with Crippen molar-refractivity contribution >= 4 is 23.3 Å². The molecule has 0 atom stereocenters. The van der Waals surface area contributed by atoms with Crippen LogP contribution in [0.15, 0.2) is 30.9 Å². The Morgan fingerprint density at radius 1 is 1.30 bits per heavy atom. The average molecular weight is 314 g/mol. The minimum atomic E-state index is -0.686. The van der Waals surface area contributed by atoms with Gasteiger partial charge < -0.3 is 14.9 Å². The van der Waals surface area contributed by atoms with E-state index in [1.165, 1.54) is 5.56 Å². The SMILES string of the molecule is C=CCN1C(=O)CCc2cc(N3CCC(C(=O)O)CC3)ccc21. The third-order valence-corrected chi connectivity index (χ3v) is 4.78. The monoisotopic (exact) mass is 314 g/mol. The Labute approximate surface area is 136 Å². The maximum Gasteiger partial charge on any atom is 0.306 e. The van der Waals surface area contributed by atoms with E-state index in [1.54, 1.807) is 11.0 Å². The van der Waals surface area contributed by atoms with E-state index in [9.17, 15) is 9.59 Å². The van der Waals surface area contributed by atoms with Gasteiger partial charge in [-0.3, -0.25) is 9.59 Å². The van der Waals surface area contributed by atoms with Crippen LogP contribution in [0.25, 0.3) is 0 Å². The summed E-state index contributed by atoms with van der Waals surface area (Å²) in [4.78, 5) is 27.1. The van der Waals surface area contributed by atoms with Gasteiger partial charge in [0.15, 0.2) is 0 Å². The molecule has 1 aromatic rings. The molecule has 0 aromatic heterocycles. The number of nitrogens with zero attached hydrogens (tertiary/aromatic N) is 2. The third kappa shape index (κ3) is 3.09. The highest BCUT2D eigenvalue weighted by Gasteiger charge is 2.27. The van der Waals surface area contributed by atoms with Gasteiger partial charge in [0.2, 0.25) is 5.91 Å². The maximum atomic E-state index is 12.0. The number of piperidine rings is 1. The second-order valence-corrected chi connectivity index (χ2v) is 6.21. The molecular formula is C18H22N2O3. The molecule has 122 valence electrons. The molecule has 0 aliphatic carbocycles. The van der Waals surface area contributed by atoms with Crippen molar-refractivity contribution in [2.75, 3.05) is 29.4 Å². The highest BCUT2D eigenvalue weighted by Crippen LogP contribution is 2.33. The van der Waals surface area contributed by atoms with Gasteiger partial charge in [-0.15, -0.1) is 6.58 Å². The Kier molecular flexibility index (Phi) is 4.37. The van der Waals surface area contributed by atoms with Gasteiger partial charge in [-0.2, -0.15) is 0 Å². The normalized spacial score (nSPS) is 18.7. The summed E-state index contributed by atoms with van der Waals surface area (Å²) in [6, 6.07) is 6.20. The number of benzene rings is 1. The van der Waals surface area contributed by atoms with Gasteiger partial charge in [0.05, 0.1) is 5.92 Å². The van der Waals surface area contributed by atoms with Gasteiger partial charge in [-0.1, -0.05) is 6.08 Å². The van der Waals surface area contributed by atoms with Crippen LogP contribution in [0.5, 0.6) is 0 Å². The summed E-state index contributed by atoms with van der Waals surface area (Å²) in [5.74, 6) is -0.759. The van der Waals surface area contributed by atoms with Crippen LogP contribution in [0.2, 0.25) is 0 Å². The molecule has 1 amide bonds. The van der Waals surface area contributed by atoms with Gasteiger partial charge in [-0.25, -0.2) is 0 Å². The Morgan fingerprint density at radius 3 is 2.70 bits per heavy atom. The number of carbonyl (C=O) groups is 2. The van der Waals surface area contributed by atoms with Crippen molar-refractivity contribution < 1.29 is 14.7 Å². The maximum absolute atomic E-state index is 12.0. The topological polar surface area (TPSA) is 60.9 Å². The minimum Gasteiger partial charge on any atom is -0.481 e. The smallest absolute Gasteiger partial charge is 0.306 e. The Hall–Kier alpha value is -2.30. The molecule has 0 spiro atoms. The number of hydrogen-bond donors (Lipinski definition) is 1. The van der Waals surface area contributed by atoms with Crippen molar-refractivity contribution in [3.63, 3.8) is 0 Å². The van der Waals surface area contributed by atoms with E-state index in [4.69, 9.17) is 5.11 Å². The molecule has 1 fully saturated rings. The lowest BCUT2D eigenvalue weighted by Crippen LogP contribution is -2.37. The molecule has 2 aliphatic rings. The van der Waals surface area contributed by atoms with Crippen molar-refractivity contribution in [1.29, 1.82) is 0 Å². The number of rotatable bonds is 4. The van der Waals surface area contributed by atoms with Gasteiger partial charge in [0, 0.05) is 37.4 Å². The third-order valence-electron chi connectivity index (χ3n) is 4.78. The molecule has 0 radical (unpaired) electrons. The van der Waals surface area contributed by atoms with E-state index in [0.29, 0.717) is 25.8 Å². The molecule has 1 N–H and O–H groups in total. The van der Waals surface area contributed by atoms with Crippen LogP contribution >= 0.6 is 0 Å². The van der Waals surface area contributed by atoms with Gasteiger partial charge in [0.25, 0.3) is 0 Å². The molecule has 0 saturated carbocycles. The van der Waals surface area contributed by atoms with Crippen LogP contribution in [0.4, 0.5) is 11.4 Å². The van der Waals surface area contributed by atoms with Crippen LogP contribution in [-0.4, -0.2) is 36.6 Å². The van der Waals surface area contributed by atoms with E-state index in [1.807, 2.05) is 12.1 Å². The summed E-state index contributed by atoms with van der Waals surface area (Å²) in [6.07, 6.45) is 4.42. The van der Waals surface area contributed by atoms with Crippen molar-refractivity contribution in [3.8, 4) is 0 Å². The van der Waals surface area contributed by atoms with Crippen LogP contribution in [-0.2, 0) is 16.0 Å². The summed E-state index contributed by atoms with van der Waals surface area (Å²) < 4.78 is 0. The molecule has 0 bridgehead atoms. The molecular weight excluding hydrogens is 292 g/mol. The van der Waals surface area contributed by atoms with Crippen LogP contribution < -0.4 is 9.80 Å². The zero-order valence-corrected chi connectivity index (χ0v) is 13.2. The number of aryl methyl sites for hydroxylation is 1. The number of amides is 1. The molecule has 2 aliphatic heterocycles. The molecule has 1 saturated heterocycles. The van der Waals surface area contributed by atoms with Crippen molar-refractivity contribution in [3.05, 3.63) is 36.4 Å². The molecule has 5 heteroatoms. The summed E-state index contributed by atoms with van der Waals surface area (Å²) in [6.45, 7) is 5.80. The van der Waals surface area contributed by atoms with Crippen molar-refractivity contribution in [2.24, 2.45) is 5.92 Å². The zero-order valence-electron chi connectivity index (χ0n) is 13.2. The second kappa shape index (κ2) is 6.44. The minimum absolute atomic E-state index is 0.146. The molecule has 0 unspecified atom stereocenters. The standard InChI is InChI=1S/C18H22N2O3/c1-2-9-20-16-5-4-15(12-14(16)3-6-17(20)21)19-10-7-13(8-11-19)18(22)23/h2,4-5,12-13H,1,3,6-11H2,(H,22,23). The number of hydrogen-bond acceptors (Lipinski definition) is 3. The number of aliphatic carboxylic acids is 1. The molecule has 2 heterocycles. The van der Waals surface area contributed by atoms with E-state index in [0.717, 1.165) is 30.9 Å². The number of carboxylic acid groups (broad SMARTS) is 1. The van der Waals surface area contributed by atoms with Crippen LogP contribution in [0.3, 0.4) is 0 Å². The molecule has 5 nitrogen and oxygen atoms in total. The zero-order chi connectivity index (χ0) is 16.4. The van der Waals surface area contributed by atoms with E-state index in [2.05, 4.69) is 17.5 Å². The molecule has 1 aromatic carbocycles. The largest absolute Gasteiger partial charge is 0.481 e. The fraction of sp³-hybridized carbons (Fsp3) is 0.444. The van der Waals surface area contributed by atoms with Crippen molar-refractivity contribution in [1.82, 2.24) is 0 Å². The summed E-state index contributed by atoms with van der Waals surface area (Å²) in [5, 5.41) is 9.09. The quantitative estimate of drug-likeness (QED) is 0.867. The number of carbonyl (C=O) groups excluding carboxylic acids is 1. The van der Waals surface area contributed by atoms with Crippen LogP contribution in [0, 0.1) is 5.92 Å². The first-order chi connectivity index (χ1) is 11.1. The number of fused-ring (bicyclic) bond motifs is 1. The lowest BCUT2D eigenvalue weighted by molar-refractivity contribution is -0.142. The summed E-state index contributed by atoms with van der Waals surface area (Å²) >= 11 is 0. The Morgan fingerprint density at radius 2 is 2.04 bits per heavy atom. The fourth-order valence-corrected chi connectivity index (χ4v) is 3.46. The van der Waals surface area contributed by atoms with Gasteiger partial charge in [-0.05, 0) is 43.0 Å². The predicted octanol–water partition coefficient (Wildman–Crippen LogP) is 2.45. The average Bonchev–Trinajstić information content (AvgIpc) is 2.57. The Balaban J connectivity index is 1.78. The summed E-state index contributed by atoms with van der Waals surface area (Å²) in [7, 11) is 0. The second-order valence-electron chi connectivity index (χ2n) is 6.21. The molecule has 3 rings (SSSR count). The van der Waals surface area contributed by atoms with E-state index < -0.39 is 5.97 Å². The van der Waals surface area contributed by atoms with E-state index in [-0.39, 0.29) is 11.8 Å². The van der Waals surface area contributed by atoms with Crippen molar-refractivity contribution in [2.45, 2.75) is 25.7 Å². The number of carboxylic acids is 1. The fourth-order valence-electron chi connectivity index (χ4n) is 3.46. The Bertz CT molecular complexity index is 633. The van der Waals surface area contributed by atoms with Gasteiger partial charge >= 0.3 is 5.97 Å². The first-order valence-corrected chi connectivity index (χ1v) is 8.12. The van der Waals surface area contributed by atoms with E-state index >= 15 is 0 Å². The predicted molar refractivity (Wildman–Crippen MR) is 89.9 cm³/mol. The number of anilines is 2.